The molecule has 78 valence electrons. The van der Waals surface area contributed by atoms with Crippen molar-refractivity contribution in [2.24, 2.45) is 11.1 Å². The first-order valence-electron chi connectivity index (χ1n) is 4.65. The second kappa shape index (κ2) is 4.28. The first-order valence-corrected chi connectivity index (χ1v) is 4.65. The van der Waals surface area contributed by atoms with Crippen molar-refractivity contribution in [1.29, 1.82) is 0 Å². The van der Waals surface area contributed by atoms with Gasteiger partial charge in [0, 0.05) is 25.5 Å². The summed E-state index contributed by atoms with van der Waals surface area (Å²) in [5.74, 6) is -0.279. The fraction of sp³-hybridized carbons (Fsp3) is 0.500. The van der Waals surface area contributed by atoms with Crippen LogP contribution >= 0.6 is 0 Å². The van der Waals surface area contributed by atoms with Crippen LogP contribution in [-0.2, 0) is 11.3 Å². The highest BCUT2D eigenvalue weighted by molar-refractivity contribution is 5.80. The summed E-state index contributed by atoms with van der Waals surface area (Å²) in [6.07, 6.45) is 3.79. The van der Waals surface area contributed by atoms with Crippen LogP contribution in [0.3, 0.4) is 0 Å². The summed E-state index contributed by atoms with van der Waals surface area (Å²) >= 11 is 0. The molecule has 4 N–H and O–H groups in total. The molecule has 1 rings (SSSR count). The first-order chi connectivity index (χ1) is 6.52. The van der Waals surface area contributed by atoms with Gasteiger partial charge < -0.3 is 16.0 Å². The molecular weight excluding hydrogens is 178 g/mol. The van der Waals surface area contributed by atoms with Crippen molar-refractivity contribution in [1.82, 2.24) is 10.3 Å². The maximum Gasteiger partial charge on any atom is 0.224 e. The molecule has 0 aliphatic heterocycles. The zero-order valence-corrected chi connectivity index (χ0v) is 8.63. The van der Waals surface area contributed by atoms with Crippen molar-refractivity contribution >= 4 is 5.91 Å². The van der Waals surface area contributed by atoms with Crippen LogP contribution in [0.15, 0.2) is 18.5 Å². The minimum atomic E-state index is -0.490. The van der Waals surface area contributed by atoms with Crippen LogP contribution in [0.2, 0.25) is 0 Å². The monoisotopic (exact) mass is 195 g/mol. The van der Waals surface area contributed by atoms with Crippen molar-refractivity contribution in [2.45, 2.75) is 20.4 Å². The lowest BCUT2D eigenvalue weighted by Crippen LogP contribution is -2.40. The lowest BCUT2D eigenvalue weighted by molar-refractivity contribution is -0.125. The summed E-state index contributed by atoms with van der Waals surface area (Å²) in [5, 5.41) is 3.19. The van der Waals surface area contributed by atoms with Gasteiger partial charge in [0.15, 0.2) is 0 Å². The van der Waals surface area contributed by atoms with Gasteiger partial charge in [0.2, 0.25) is 5.91 Å². The minimum Gasteiger partial charge on any atom is -0.369 e. The normalized spacial score (nSPS) is 11.6. The van der Waals surface area contributed by atoms with Crippen LogP contribution in [0.4, 0.5) is 0 Å². The van der Waals surface area contributed by atoms with Gasteiger partial charge in [-0.25, -0.2) is 0 Å². The Morgan fingerprint density at radius 2 is 2.36 bits per heavy atom. The third-order valence-electron chi connectivity index (χ3n) is 2.23. The molecule has 4 heteroatoms. The zero-order valence-electron chi connectivity index (χ0n) is 8.63. The number of hydrogen-bond donors (Lipinski definition) is 3. The summed E-state index contributed by atoms with van der Waals surface area (Å²) in [6, 6.07) is 1.99. The van der Waals surface area contributed by atoms with Crippen molar-refractivity contribution in [3.05, 3.63) is 24.0 Å². The van der Waals surface area contributed by atoms with E-state index in [2.05, 4.69) is 10.3 Å². The maximum absolute atomic E-state index is 11.0. The first kappa shape index (κ1) is 10.8. The minimum absolute atomic E-state index is 0.279. The van der Waals surface area contributed by atoms with E-state index in [1.807, 2.05) is 32.3 Å². The van der Waals surface area contributed by atoms with Gasteiger partial charge >= 0.3 is 0 Å². The predicted molar refractivity (Wildman–Crippen MR) is 55.5 cm³/mol. The number of hydrogen-bond acceptors (Lipinski definition) is 2. The van der Waals surface area contributed by atoms with E-state index >= 15 is 0 Å². The molecule has 0 saturated heterocycles. The van der Waals surface area contributed by atoms with Crippen molar-refractivity contribution in [3.63, 3.8) is 0 Å². The molecule has 0 unspecified atom stereocenters. The summed E-state index contributed by atoms with van der Waals surface area (Å²) < 4.78 is 0. The largest absolute Gasteiger partial charge is 0.369 e. The van der Waals surface area contributed by atoms with Gasteiger partial charge in [-0.2, -0.15) is 0 Å². The second-order valence-electron chi connectivity index (χ2n) is 4.07. The predicted octanol–water partition coefficient (Wildman–Crippen LogP) is 0.616. The zero-order chi connectivity index (χ0) is 10.6. The Morgan fingerprint density at radius 3 is 2.86 bits per heavy atom. The Balaban J connectivity index is 2.31. The summed E-state index contributed by atoms with van der Waals surface area (Å²) in [5.41, 5.74) is 5.93. The number of nitrogens with one attached hydrogen (secondary N) is 2. The Bertz CT molecular complexity index is 290. The molecule has 1 amide bonds. The van der Waals surface area contributed by atoms with Gasteiger partial charge in [-0.3, -0.25) is 4.79 Å². The highest BCUT2D eigenvalue weighted by atomic mass is 16.1. The summed E-state index contributed by atoms with van der Waals surface area (Å²) in [4.78, 5) is 14.0. The van der Waals surface area contributed by atoms with E-state index in [4.69, 9.17) is 5.73 Å². The smallest absolute Gasteiger partial charge is 0.224 e. The topological polar surface area (TPSA) is 70.9 Å². The van der Waals surface area contributed by atoms with Gasteiger partial charge in [0.05, 0.1) is 5.41 Å². The lowest BCUT2D eigenvalue weighted by atomic mass is 9.93. The van der Waals surface area contributed by atoms with Gasteiger partial charge in [-0.05, 0) is 25.5 Å². The second-order valence-corrected chi connectivity index (χ2v) is 4.07. The Hall–Kier alpha value is -1.29. The lowest BCUT2D eigenvalue weighted by Gasteiger charge is -2.20. The number of rotatable bonds is 5. The molecule has 4 nitrogen and oxygen atoms in total. The van der Waals surface area contributed by atoms with Gasteiger partial charge in [-0.1, -0.05) is 0 Å². The number of carbonyl (C=O) groups excluding carboxylic acids is 1. The molecular formula is C10H17N3O. The van der Waals surface area contributed by atoms with Gasteiger partial charge in [-0.15, -0.1) is 0 Å². The SMILES string of the molecule is CC(C)(CNCc1cc[nH]c1)C(N)=O. The van der Waals surface area contributed by atoms with Crippen molar-refractivity contribution < 1.29 is 4.79 Å². The number of H-pyrrole nitrogens is 1. The van der Waals surface area contributed by atoms with Crippen LogP contribution in [0, 0.1) is 5.41 Å². The molecule has 0 saturated carbocycles. The standard InChI is InChI=1S/C10H17N3O/c1-10(2,9(11)14)7-13-6-8-3-4-12-5-8/h3-5,12-13H,6-7H2,1-2H3,(H2,11,14). The van der Waals surface area contributed by atoms with E-state index in [1.54, 1.807) is 0 Å². The Kier molecular flexibility index (Phi) is 3.30. The number of aromatic amines is 1. The maximum atomic E-state index is 11.0. The molecule has 0 atom stereocenters. The number of aromatic nitrogens is 1. The molecule has 0 radical (unpaired) electrons. The number of primary amides is 1. The van der Waals surface area contributed by atoms with E-state index in [0.717, 1.165) is 6.54 Å². The summed E-state index contributed by atoms with van der Waals surface area (Å²) in [6.45, 7) is 5.01. The molecule has 0 spiro atoms. The Morgan fingerprint density at radius 1 is 1.64 bits per heavy atom. The van der Waals surface area contributed by atoms with Gasteiger partial charge in [0.1, 0.15) is 0 Å². The number of nitrogens with two attached hydrogens (primary N) is 1. The van der Waals surface area contributed by atoms with Gasteiger partial charge in [0.25, 0.3) is 0 Å². The molecule has 1 aromatic heterocycles. The van der Waals surface area contributed by atoms with Crippen LogP contribution in [-0.4, -0.2) is 17.4 Å². The van der Waals surface area contributed by atoms with E-state index in [9.17, 15) is 4.79 Å². The van der Waals surface area contributed by atoms with Crippen LogP contribution in [0.25, 0.3) is 0 Å². The number of carbonyl (C=O) groups is 1. The quantitative estimate of drug-likeness (QED) is 0.644. The van der Waals surface area contributed by atoms with E-state index < -0.39 is 5.41 Å². The Labute approximate surface area is 83.9 Å². The molecule has 0 bridgehead atoms. The number of amides is 1. The highest BCUT2D eigenvalue weighted by Crippen LogP contribution is 2.12. The average Bonchev–Trinajstić information content (AvgIpc) is 2.56. The van der Waals surface area contributed by atoms with Crippen LogP contribution in [0.1, 0.15) is 19.4 Å². The molecule has 0 fully saturated rings. The van der Waals surface area contributed by atoms with Crippen molar-refractivity contribution in [2.75, 3.05) is 6.54 Å². The third kappa shape index (κ3) is 2.88. The highest BCUT2D eigenvalue weighted by Gasteiger charge is 2.23. The molecule has 14 heavy (non-hydrogen) atoms. The molecule has 1 aromatic rings. The third-order valence-corrected chi connectivity index (χ3v) is 2.23. The molecule has 1 heterocycles. The summed E-state index contributed by atoms with van der Waals surface area (Å²) in [7, 11) is 0. The van der Waals surface area contributed by atoms with Crippen LogP contribution in [0.5, 0.6) is 0 Å². The van der Waals surface area contributed by atoms with E-state index in [1.165, 1.54) is 5.56 Å². The van der Waals surface area contributed by atoms with Crippen molar-refractivity contribution in [3.8, 4) is 0 Å². The fourth-order valence-electron chi connectivity index (χ4n) is 1.07. The fourth-order valence-corrected chi connectivity index (χ4v) is 1.07. The molecule has 0 aliphatic rings. The van der Waals surface area contributed by atoms with E-state index in [0.29, 0.717) is 6.54 Å². The molecule has 0 aliphatic carbocycles. The van der Waals surface area contributed by atoms with Crippen LogP contribution < -0.4 is 11.1 Å². The van der Waals surface area contributed by atoms with E-state index in [-0.39, 0.29) is 5.91 Å². The average molecular weight is 195 g/mol. The molecule has 0 aromatic carbocycles.